The summed E-state index contributed by atoms with van der Waals surface area (Å²) in [6.07, 6.45) is 0. The van der Waals surface area contributed by atoms with Crippen LogP contribution in [0.4, 0.5) is 10.1 Å². The van der Waals surface area contributed by atoms with Crippen molar-refractivity contribution in [3.63, 3.8) is 0 Å². The maximum absolute atomic E-state index is 13.7. The lowest BCUT2D eigenvalue weighted by molar-refractivity contribution is -0.122. The van der Waals surface area contributed by atoms with Crippen molar-refractivity contribution in [3.05, 3.63) is 98.7 Å². The molecule has 1 unspecified atom stereocenters. The molecule has 32 heavy (non-hydrogen) atoms. The molecule has 3 rings (SSSR count). The van der Waals surface area contributed by atoms with E-state index in [1.54, 1.807) is 29.2 Å². The number of hydrogen-bond donors (Lipinski definition) is 1. The van der Waals surface area contributed by atoms with Crippen LogP contribution in [0.1, 0.15) is 29.8 Å². The predicted molar refractivity (Wildman–Crippen MR) is 132 cm³/mol. The van der Waals surface area contributed by atoms with Gasteiger partial charge in [0.2, 0.25) is 5.91 Å². The van der Waals surface area contributed by atoms with Gasteiger partial charge >= 0.3 is 0 Å². The van der Waals surface area contributed by atoms with Gasteiger partial charge in [0.25, 0.3) is 5.91 Å². The Morgan fingerprint density at radius 1 is 0.938 bits per heavy atom. The first-order chi connectivity index (χ1) is 15.3. The Bertz CT molecular complexity index is 1070. The summed E-state index contributed by atoms with van der Waals surface area (Å²) in [6, 6.07) is 20.3. The van der Waals surface area contributed by atoms with Crippen LogP contribution in [0.2, 0.25) is 0 Å². The van der Waals surface area contributed by atoms with Crippen LogP contribution in [0.5, 0.6) is 0 Å². The van der Waals surface area contributed by atoms with Crippen molar-refractivity contribution in [2.45, 2.75) is 26.4 Å². The number of carbonyl (C=O) groups is 2. The average Bonchev–Trinajstić information content (AvgIpc) is 2.76. The number of nitrogens with zero attached hydrogens (tertiary/aromatic N) is 1. The molecule has 1 atom stereocenters. The monoisotopic (exact) mass is 560 g/mol. The van der Waals surface area contributed by atoms with Gasteiger partial charge in [-0.3, -0.25) is 9.59 Å². The third kappa shape index (κ3) is 5.84. The number of hydrogen-bond acceptors (Lipinski definition) is 2. The molecule has 4 nitrogen and oxygen atoms in total. The molecule has 0 aliphatic rings. The molecule has 0 radical (unpaired) electrons. The summed E-state index contributed by atoms with van der Waals surface area (Å²) < 4.78 is 14.5. The lowest BCUT2D eigenvalue weighted by Gasteiger charge is -2.34. The molecular formula is C25H23Br2FN2O2. The molecule has 0 bridgehead atoms. The van der Waals surface area contributed by atoms with Gasteiger partial charge < -0.3 is 10.2 Å². The maximum atomic E-state index is 13.7. The fraction of sp³-hybridized carbons (Fsp3) is 0.200. The third-order valence-electron chi connectivity index (χ3n) is 4.97. The van der Waals surface area contributed by atoms with E-state index in [9.17, 15) is 14.0 Å². The third-order valence-corrected chi connectivity index (χ3v) is 6.22. The van der Waals surface area contributed by atoms with Gasteiger partial charge in [-0.2, -0.15) is 0 Å². The number of nitrogens with one attached hydrogen (secondary N) is 1. The van der Waals surface area contributed by atoms with Crippen molar-refractivity contribution >= 4 is 49.4 Å². The quantitative estimate of drug-likeness (QED) is 0.351. The molecule has 0 aliphatic heterocycles. The second-order valence-corrected chi connectivity index (χ2v) is 9.42. The lowest BCUT2D eigenvalue weighted by atomic mass is 9.99. The Labute approximate surface area is 204 Å². The first-order valence-electron chi connectivity index (χ1n) is 10.1. The smallest absolute Gasteiger partial charge is 0.254 e. The summed E-state index contributed by atoms with van der Waals surface area (Å²) in [7, 11) is 0. The Morgan fingerprint density at radius 3 is 2.00 bits per heavy atom. The predicted octanol–water partition coefficient (Wildman–Crippen LogP) is 6.66. The summed E-state index contributed by atoms with van der Waals surface area (Å²) in [5.74, 6) is -1.20. The van der Waals surface area contributed by atoms with E-state index in [0.29, 0.717) is 20.2 Å². The standard InChI is InChI=1S/C25H23Br2FN2O2/c1-16(2)23(24(31)29-22-20(26)13-19(28)14-21(22)27)30(15-17-9-5-3-6-10-17)25(32)18-11-7-4-8-12-18/h3-14,16,23H,15H2,1-2H3,(H,29,31). The average molecular weight is 562 g/mol. The van der Waals surface area contributed by atoms with Crippen LogP contribution in [0.15, 0.2) is 81.7 Å². The van der Waals surface area contributed by atoms with Crippen LogP contribution in [0.25, 0.3) is 0 Å². The first-order valence-corrected chi connectivity index (χ1v) is 11.7. The summed E-state index contributed by atoms with van der Waals surface area (Å²) in [6.45, 7) is 4.07. The van der Waals surface area contributed by atoms with E-state index in [1.807, 2.05) is 50.2 Å². The molecule has 0 saturated carbocycles. The highest BCUT2D eigenvalue weighted by molar-refractivity contribution is 9.11. The molecule has 166 valence electrons. The van der Waals surface area contributed by atoms with Crippen molar-refractivity contribution < 1.29 is 14.0 Å². The molecule has 0 aromatic heterocycles. The maximum Gasteiger partial charge on any atom is 0.254 e. The van der Waals surface area contributed by atoms with Crippen molar-refractivity contribution in [2.75, 3.05) is 5.32 Å². The van der Waals surface area contributed by atoms with E-state index >= 15 is 0 Å². The number of amides is 2. The molecular weight excluding hydrogens is 539 g/mol. The Kier molecular flexibility index (Phi) is 8.21. The largest absolute Gasteiger partial charge is 0.322 e. The van der Waals surface area contributed by atoms with Gasteiger partial charge in [-0.15, -0.1) is 0 Å². The van der Waals surface area contributed by atoms with Crippen LogP contribution in [0.3, 0.4) is 0 Å². The minimum Gasteiger partial charge on any atom is -0.322 e. The first kappa shape index (κ1) is 24.1. The topological polar surface area (TPSA) is 49.4 Å². The van der Waals surface area contributed by atoms with Gasteiger partial charge in [0.1, 0.15) is 11.9 Å². The van der Waals surface area contributed by atoms with E-state index < -0.39 is 11.9 Å². The second-order valence-electron chi connectivity index (χ2n) is 7.71. The Hall–Kier alpha value is -2.51. The van der Waals surface area contributed by atoms with E-state index in [4.69, 9.17) is 0 Å². The van der Waals surface area contributed by atoms with Crippen molar-refractivity contribution in [1.82, 2.24) is 4.90 Å². The van der Waals surface area contributed by atoms with E-state index in [2.05, 4.69) is 37.2 Å². The highest BCUT2D eigenvalue weighted by atomic mass is 79.9. The van der Waals surface area contributed by atoms with Crippen molar-refractivity contribution in [1.29, 1.82) is 0 Å². The Morgan fingerprint density at radius 2 is 1.47 bits per heavy atom. The number of rotatable bonds is 7. The van der Waals surface area contributed by atoms with E-state index in [0.717, 1.165) is 5.56 Å². The highest BCUT2D eigenvalue weighted by Crippen LogP contribution is 2.33. The molecule has 0 fully saturated rings. The number of benzene rings is 3. The molecule has 0 saturated heterocycles. The van der Waals surface area contributed by atoms with Gasteiger partial charge in [0.05, 0.1) is 5.69 Å². The number of halogens is 3. The molecule has 0 spiro atoms. The molecule has 3 aromatic carbocycles. The van der Waals surface area contributed by atoms with Crippen molar-refractivity contribution in [2.24, 2.45) is 5.92 Å². The fourth-order valence-electron chi connectivity index (χ4n) is 3.49. The van der Waals surface area contributed by atoms with Crippen LogP contribution in [-0.2, 0) is 11.3 Å². The minimum absolute atomic E-state index is 0.177. The molecule has 0 heterocycles. The summed E-state index contributed by atoms with van der Waals surface area (Å²) in [4.78, 5) is 28.6. The molecule has 3 aromatic rings. The van der Waals surface area contributed by atoms with E-state index in [1.165, 1.54) is 12.1 Å². The second kappa shape index (κ2) is 10.9. The van der Waals surface area contributed by atoms with E-state index in [-0.39, 0.29) is 24.3 Å². The van der Waals surface area contributed by atoms with Gasteiger partial charge in [-0.25, -0.2) is 4.39 Å². The minimum atomic E-state index is -0.758. The van der Waals surface area contributed by atoms with Crippen LogP contribution >= 0.6 is 31.9 Å². The van der Waals surface area contributed by atoms with Gasteiger partial charge in [-0.1, -0.05) is 62.4 Å². The zero-order valence-electron chi connectivity index (χ0n) is 17.7. The summed E-state index contributed by atoms with van der Waals surface area (Å²) in [5.41, 5.74) is 1.83. The SMILES string of the molecule is CC(C)C(C(=O)Nc1c(Br)cc(F)cc1Br)N(Cc1ccccc1)C(=O)c1ccccc1. The summed E-state index contributed by atoms with van der Waals surface area (Å²) in [5, 5.41) is 2.87. The van der Waals surface area contributed by atoms with Crippen LogP contribution < -0.4 is 5.32 Å². The normalized spacial score (nSPS) is 11.8. The van der Waals surface area contributed by atoms with Crippen molar-refractivity contribution in [3.8, 4) is 0 Å². The Balaban J connectivity index is 1.98. The van der Waals surface area contributed by atoms with Gasteiger partial charge in [-0.05, 0) is 67.6 Å². The van der Waals surface area contributed by atoms with Crippen LogP contribution in [0, 0.1) is 11.7 Å². The molecule has 2 amide bonds. The molecule has 0 aliphatic carbocycles. The number of anilines is 1. The lowest BCUT2D eigenvalue weighted by Crippen LogP contribution is -2.50. The highest BCUT2D eigenvalue weighted by Gasteiger charge is 2.33. The fourth-order valence-corrected chi connectivity index (χ4v) is 4.81. The number of carbonyl (C=O) groups excluding carboxylic acids is 2. The molecule has 7 heteroatoms. The van der Waals surface area contributed by atoms with Crippen LogP contribution in [-0.4, -0.2) is 22.8 Å². The van der Waals surface area contributed by atoms with Gasteiger partial charge in [0, 0.05) is 21.1 Å². The zero-order valence-corrected chi connectivity index (χ0v) is 20.9. The molecule has 1 N–H and O–H groups in total. The van der Waals surface area contributed by atoms with Gasteiger partial charge in [0.15, 0.2) is 0 Å². The zero-order chi connectivity index (χ0) is 23.3. The summed E-state index contributed by atoms with van der Waals surface area (Å²) >= 11 is 6.61.